The third kappa shape index (κ3) is 3.94. The predicted molar refractivity (Wildman–Crippen MR) is 121 cm³/mol. The highest BCUT2D eigenvalue weighted by atomic mass is 16.5. The Labute approximate surface area is 180 Å². The van der Waals surface area contributed by atoms with E-state index in [2.05, 4.69) is 27.4 Å². The molecule has 2 aromatic carbocycles. The van der Waals surface area contributed by atoms with Crippen LogP contribution in [0.1, 0.15) is 23.2 Å². The first-order valence-corrected chi connectivity index (χ1v) is 10.6. The van der Waals surface area contributed by atoms with E-state index in [-0.39, 0.29) is 11.9 Å². The van der Waals surface area contributed by atoms with Crippen LogP contribution in [0, 0.1) is 0 Å². The minimum absolute atomic E-state index is 0.112. The fourth-order valence-corrected chi connectivity index (χ4v) is 4.10. The first kappa shape index (κ1) is 19.5. The Balaban J connectivity index is 1.60. The summed E-state index contributed by atoms with van der Waals surface area (Å²) in [5, 5.41) is 8.16. The summed E-state index contributed by atoms with van der Waals surface area (Å²) in [6.45, 7) is 1.96. The number of nitrogens with zero attached hydrogens (tertiary/aromatic N) is 3. The molecule has 0 aliphatic carbocycles. The van der Waals surface area contributed by atoms with Gasteiger partial charge in [-0.25, -0.2) is 4.98 Å². The normalized spacial score (nSPS) is 15.3. The van der Waals surface area contributed by atoms with Gasteiger partial charge in [-0.1, -0.05) is 65.8 Å². The number of pyridine rings is 1. The number of fused-ring (bicyclic) bond motifs is 1. The second-order valence-corrected chi connectivity index (χ2v) is 8.05. The molecule has 6 heteroatoms. The third-order valence-electron chi connectivity index (χ3n) is 5.86. The molecule has 1 N–H and O–H groups in total. The summed E-state index contributed by atoms with van der Waals surface area (Å²) in [4.78, 5) is 20.4. The Hall–Kier alpha value is -3.51. The van der Waals surface area contributed by atoms with Crippen molar-refractivity contribution < 1.29 is 9.32 Å². The monoisotopic (exact) mass is 412 g/mol. The molecule has 0 atom stereocenters. The molecule has 1 saturated heterocycles. The number of rotatable bonds is 4. The number of likely N-dealkylation sites (tertiary alicyclic amines) is 1. The lowest BCUT2D eigenvalue weighted by molar-refractivity contribution is 0.0918. The smallest absolute Gasteiger partial charge is 0.259 e. The van der Waals surface area contributed by atoms with Crippen LogP contribution in [0.4, 0.5) is 0 Å². The van der Waals surface area contributed by atoms with E-state index >= 15 is 0 Å². The van der Waals surface area contributed by atoms with E-state index < -0.39 is 0 Å². The van der Waals surface area contributed by atoms with Gasteiger partial charge in [-0.2, -0.15) is 0 Å². The molecule has 1 amide bonds. The minimum atomic E-state index is -0.112. The summed E-state index contributed by atoms with van der Waals surface area (Å²) < 4.78 is 5.61. The number of piperidine rings is 1. The van der Waals surface area contributed by atoms with Gasteiger partial charge >= 0.3 is 0 Å². The number of nitrogens with one attached hydrogen (secondary N) is 1. The van der Waals surface area contributed by atoms with Crippen LogP contribution in [0.3, 0.4) is 0 Å². The highest BCUT2D eigenvalue weighted by Gasteiger charge is 2.25. The van der Waals surface area contributed by atoms with E-state index in [4.69, 9.17) is 4.52 Å². The molecule has 0 saturated carbocycles. The minimum Gasteiger partial charge on any atom is -0.349 e. The van der Waals surface area contributed by atoms with E-state index in [0.29, 0.717) is 28.1 Å². The maximum atomic E-state index is 13.5. The molecule has 1 fully saturated rings. The second kappa shape index (κ2) is 8.32. The van der Waals surface area contributed by atoms with Gasteiger partial charge in [-0.05, 0) is 39.0 Å². The molecule has 0 unspecified atom stereocenters. The van der Waals surface area contributed by atoms with E-state index in [9.17, 15) is 4.79 Å². The summed E-state index contributed by atoms with van der Waals surface area (Å²) in [5.74, 6) is -0.112. The van der Waals surface area contributed by atoms with Crippen molar-refractivity contribution in [2.75, 3.05) is 20.1 Å². The molecule has 5 rings (SSSR count). The Morgan fingerprint density at radius 3 is 2.32 bits per heavy atom. The largest absolute Gasteiger partial charge is 0.349 e. The Morgan fingerprint density at radius 1 is 1.00 bits per heavy atom. The number of hydrogen-bond donors (Lipinski definition) is 1. The van der Waals surface area contributed by atoms with Gasteiger partial charge in [0.2, 0.25) is 0 Å². The van der Waals surface area contributed by atoms with Gasteiger partial charge in [0.25, 0.3) is 11.6 Å². The van der Waals surface area contributed by atoms with Gasteiger partial charge in [0, 0.05) is 17.2 Å². The molecule has 3 heterocycles. The average Bonchev–Trinajstić information content (AvgIpc) is 3.25. The lowest BCUT2D eigenvalue weighted by Gasteiger charge is -2.29. The molecule has 0 bridgehead atoms. The summed E-state index contributed by atoms with van der Waals surface area (Å²) in [6, 6.07) is 21.6. The highest BCUT2D eigenvalue weighted by molar-refractivity contribution is 6.10. The Bertz CT molecular complexity index is 1200. The molecule has 31 heavy (non-hydrogen) atoms. The van der Waals surface area contributed by atoms with Crippen molar-refractivity contribution >= 4 is 17.0 Å². The fourth-order valence-electron chi connectivity index (χ4n) is 4.10. The number of hydrogen-bond acceptors (Lipinski definition) is 5. The number of aromatic nitrogens is 2. The Morgan fingerprint density at radius 2 is 1.65 bits per heavy atom. The van der Waals surface area contributed by atoms with Gasteiger partial charge in [0.05, 0.1) is 16.6 Å². The lowest BCUT2D eigenvalue weighted by Crippen LogP contribution is -2.43. The summed E-state index contributed by atoms with van der Waals surface area (Å²) in [7, 11) is 2.11. The first-order valence-electron chi connectivity index (χ1n) is 10.6. The van der Waals surface area contributed by atoms with Gasteiger partial charge < -0.3 is 14.7 Å². The topological polar surface area (TPSA) is 71.3 Å². The quantitative estimate of drug-likeness (QED) is 0.539. The van der Waals surface area contributed by atoms with Crippen LogP contribution in [0.5, 0.6) is 0 Å². The second-order valence-electron chi connectivity index (χ2n) is 8.05. The van der Waals surface area contributed by atoms with Crippen LogP contribution >= 0.6 is 0 Å². The number of carbonyl (C=O) groups excluding carboxylic acids is 1. The number of amides is 1. The van der Waals surface area contributed by atoms with Crippen LogP contribution in [0.25, 0.3) is 33.6 Å². The summed E-state index contributed by atoms with van der Waals surface area (Å²) in [6.07, 6.45) is 1.88. The van der Waals surface area contributed by atoms with E-state index in [1.807, 2.05) is 66.7 Å². The molecule has 6 nitrogen and oxygen atoms in total. The SMILES string of the molecule is CN1CCC(NC(=O)c2cc(-c3ccccc3)nc3onc(-c4ccccc4)c23)CC1. The van der Waals surface area contributed by atoms with Crippen LogP contribution in [-0.2, 0) is 0 Å². The maximum Gasteiger partial charge on any atom is 0.259 e. The Kier molecular flexibility index (Phi) is 5.22. The molecule has 156 valence electrons. The lowest BCUT2D eigenvalue weighted by atomic mass is 10.0. The molecule has 4 aromatic rings. The molecule has 0 radical (unpaired) electrons. The van der Waals surface area contributed by atoms with Crippen LogP contribution < -0.4 is 5.32 Å². The molecule has 2 aromatic heterocycles. The maximum absolute atomic E-state index is 13.5. The van der Waals surface area contributed by atoms with Crippen molar-refractivity contribution in [3.63, 3.8) is 0 Å². The van der Waals surface area contributed by atoms with E-state index in [1.54, 1.807) is 0 Å². The van der Waals surface area contributed by atoms with Gasteiger partial charge in [-0.15, -0.1) is 0 Å². The molecular formula is C25H24N4O2. The summed E-state index contributed by atoms with van der Waals surface area (Å²) >= 11 is 0. The van der Waals surface area contributed by atoms with Gasteiger partial charge in [-0.3, -0.25) is 4.79 Å². The zero-order valence-corrected chi connectivity index (χ0v) is 17.4. The first-order chi connectivity index (χ1) is 15.2. The average molecular weight is 412 g/mol. The van der Waals surface area contributed by atoms with Gasteiger partial charge in [0.15, 0.2) is 0 Å². The van der Waals surface area contributed by atoms with Gasteiger partial charge in [0.1, 0.15) is 5.69 Å². The van der Waals surface area contributed by atoms with Crippen molar-refractivity contribution in [2.45, 2.75) is 18.9 Å². The molecular weight excluding hydrogens is 388 g/mol. The molecule has 0 spiro atoms. The zero-order valence-electron chi connectivity index (χ0n) is 17.4. The van der Waals surface area contributed by atoms with Crippen molar-refractivity contribution in [1.82, 2.24) is 20.4 Å². The zero-order chi connectivity index (χ0) is 21.2. The van der Waals surface area contributed by atoms with Crippen molar-refractivity contribution in [1.29, 1.82) is 0 Å². The van der Waals surface area contributed by atoms with Crippen LogP contribution in [-0.4, -0.2) is 47.1 Å². The fraction of sp³-hybridized carbons (Fsp3) is 0.240. The standard InChI is InChI=1S/C25H24N4O2/c1-29-14-12-19(13-15-29)26-24(30)20-16-21(17-8-4-2-5-9-17)27-25-22(20)23(28-31-25)18-10-6-3-7-11-18/h2-11,16,19H,12-15H2,1H3,(H,26,30). The number of carbonyl (C=O) groups is 1. The van der Waals surface area contributed by atoms with Crippen LogP contribution in [0.15, 0.2) is 71.3 Å². The molecule has 1 aliphatic heterocycles. The number of benzene rings is 2. The highest BCUT2D eigenvalue weighted by Crippen LogP contribution is 2.32. The summed E-state index contributed by atoms with van der Waals surface area (Å²) in [5.41, 5.74) is 4.06. The van der Waals surface area contributed by atoms with E-state index in [0.717, 1.165) is 37.1 Å². The van der Waals surface area contributed by atoms with Crippen molar-refractivity contribution in [3.05, 3.63) is 72.3 Å². The van der Waals surface area contributed by atoms with Crippen molar-refractivity contribution in [2.24, 2.45) is 0 Å². The third-order valence-corrected chi connectivity index (χ3v) is 5.86. The van der Waals surface area contributed by atoms with Crippen molar-refractivity contribution in [3.8, 4) is 22.5 Å². The van der Waals surface area contributed by atoms with Crippen LogP contribution in [0.2, 0.25) is 0 Å². The van der Waals surface area contributed by atoms with E-state index in [1.165, 1.54) is 0 Å². The molecule has 1 aliphatic rings. The predicted octanol–water partition coefficient (Wildman–Crippen LogP) is 4.38.